The molecule has 3 rings (SSSR count). The number of ether oxygens (including phenoxy) is 1. The van der Waals surface area contributed by atoms with Gasteiger partial charge in [0.05, 0.1) is 13.1 Å². The van der Waals surface area contributed by atoms with Gasteiger partial charge in [-0.15, -0.1) is 0 Å². The normalized spacial score (nSPS) is 20.4. The van der Waals surface area contributed by atoms with Crippen LogP contribution >= 0.6 is 0 Å². The van der Waals surface area contributed by atoms with Gasteiger partial charge >= 0.3 is 0 Å². The van der Waals surface area contributed by atoms with Crippen molar-refractivity contribution >= 4 is 5.91 Å². The predicted octanol–water partition coefficient (Wildman–Crippen LogP) is 1.08. The van der Waals surface area contributed by atoms with Crippen molar-refractivity contribution in [2.75, 3.05) is 13.1 Å². The molecule has 4 nitrogen and oxygen atoms in total. The smallest absolute Gasteiger partial charge is 0.225 e. The molecule has 84 valence electrons. The molecule has 1 amide bonds. The Kier molecular flexibility index (Phi) is 2.27. The van der Waals surface area contributed by atoms with E-state index in [1.807, 2.05) is 23.1 Å². The lowest BCUT2D eigenvalue weighted by Gasteiger charge is -2.38. The van der Waals surface area contributed by atoms with Gasteiger partial charge in [0.1, 0.15) is 6.10 Å². The Labute approximate surface area is 94.2 Å². The van der Waals surface area contributed by atoms with E-state index in [4.69, 9.17) is 4.74 Å². The molecule has 1 saturated heterocycles. The number of rotatable bonds is 3. The number of hydrogen-bond donors (Lipinski definition) is 0. The molecule has 16 heavy (non-hydrogen) atoms. The van der Waals surface area contributed by atoms with Crippen molar-refractivity contribution in [2.45, 2.75) is 18.9 Å². The molecule has 1 aliphatic carbocycles. The molecule has 0 spiro atoms. The SMILES string of the molecule is O=C(C1CC1)N1CC(Oc2ccccn2)C1. The summed E-state index contributed by atoms with van der Waals surface area (Å²) in [6.45, 7) is 1.43. The molecule has 2 fully saturated rings. The number of carbonyl (C=O) groups is 1. The summed E-state index contributed by atoms with van der Waals surface area (Å²) in [5.74, 6) is 1.27. The molecule has 1 aliphatic heterocycles. The molecule has 4 heteroatoms. The number of likely N-dealkylation sites (tertiary alicyclic amines) is 1. The van der Waals surface area contributed by atoms with Crippen LogP contribution in [0, 0.1) is 5.92 Å². The highest BCUT2D eigenvalue weighted by atomic mass is 16.5. The van der Waals surface area contributed by atoms with Crippen LogP contribution < -0.4 is 4.74 Å². The molecule has 2 aliphatic rings. The maximum Gasteiger partial charge on any atom is 0.225 e. The molecule has 2 heterocycles. The van der Waals surface area contributed by atoms with Gasteiger partial charge in [-0.2, -0.15) is 0 Å². The van der Waals surface area contributed by atoms with Crippen LogP contribution in [0.15, 0.2) is 24.4 Å². The maximum atomic E-state index is 11.6. The molecule has 0 atom stereocenters. The van der Waals surface area contributed by atoms with Crippen molar-refractivity contribution in [3.63, 3.8) is 0 Å². The summed E-state index contributed by atoms with van der Waals surface area (Å²) in [7, 11) is 0. The number of amides is 1. The average molecular weight is 218 g/mol. The second-order valence-corrected chi connectivity index (χ2v) is 4.43. The van der Waals surface area contributed by atoms with E-state index in [2.05, 4.69) is 4.98 Å². The second kappa shape index (κ2) is 3.77. The number of nitrogens with zero attached hydrogens (tertiary/aromatic N) is 2. The fourth-order valence-electron chi connectivity index (χ4n) is 1.87. The van der Waals surface area contributed by atoms with Crippen LogP contribution in [0.1, 0.15) is 12.8 Å². The van der Waals surface area contributed by atoms with Crippen LogP contribution in [0.2, 0.25) is 0 Å². The van der Waals surface area contributed by atoms with E-state index in [1.54, 1.807) is 6.20 Å². The number of aromatic nitrogens is 1. The zero-order chi connectivity index (χ0) is 11.0. The Hall–Kier alpha value is -1.58. The van der Waals surface area contributed by atoms with Gasteiger partial charge in [0.15, 0.2) is 0 Å². The van der Waals surface area contributed by atoms with Crippen LogP contribution in [0.5, 0.6) is 5.88 Å². The van der Waals surface area contributed by atoms with Gasteiger partial charge < -0.3 is 9.64 Å². The molecule has 1 saturated carbocycles. The largest absolute Gasteiger partial charge is 0.471 e. The van der Waals surface area contributed by atoms with Crippen molar-refractivity contribution in [1.82, 2.24) is 9.88 Å². The fraction of sp³-hybridized carbons (Fsp3) is 0.500. The van der Waals surface area contributed by atoms with Crippen LogP contribution in [0.4, 0.5) is 0 Å². The Bertz CT molecular complexity index is 383. The Morgan fingerprint density at radius 1 is 1.38 bits per heavy atom. The van der Waals surface area contributed by atoms with Crippen molar-refractivity contribution in [1.29, 1.82) is 0 Å². The van der Waals surface area contributed by atoms with Gasteiger partial charge in [0.2, 0.25) is 11.8 Å². The minimum Gasteiger partial charge on any atom is -0.471 e. The highest BCUT2D eigenvalue weighted by molar-refractivity contribution is 5.81. The Balaban J connectivity index is 1.48. The molecular formula is C12H14N2O2. The Morgan fingerprint density at radius 2 is 2.19 bits per heavy atom. The summed E-state index contributed by atoms with van der Waals surface area (Å²) < 4.78 is 5.63. The minimum absolute atomic E-state index is 0.123. The van der Waals surface area contributed by atoms with E-state index in [-0.39, 0.29) is 6.10 Å². The van der Waals surface area contributed by atoms with E-state index in [1.165, 1.54) is 0 Å². The highest BCUT2D eigenvalue weighted by Gasteiger charge is 2.40. The molecule has 0 bridgehead atoms. The topological polar surface area (TPSA) is 42.4 Å². The van der Waals surface area contributed by atoms with E-state index >= 15 is 0 Å². The first kappa shape index (κ1) is 9.63. The monoisotopic (exact) mass is 218 g/mol. The van der Waals surface area contributed by atoms with Gasteiger partial charge in [-0.1, -0.05) is 6.07 Å². The lowest BCUT2D eigenvalue weighted by Crippen LogP contribution is -2.56. The summed E-state index contributed by atoms with van der Waals surface area (Å²) in [5.41, 5.74) is 0. The molecule has 0 radical (unpaired) electrons. The molecule has 0 aromatic carbocycles. The number of carbonyl (C=O) groups excluding carboxylic acids is 1. The van der Waals surface area contributed by atoms with Crippen LogP contribution in [-0.4, -0.2) is 35.0 Å². The summed E-state index contributed by atoms with van der Waals surface area (Å²) in [6, 6.07) is 5.59. The van der Waals surface area contributed by atoms with Crippen molar-refractivity contribution in [3.05, 3.63) is 24.4 Å². The quantitative estimate of drug-likeness (QED) is 0.762. The summed E-state index contributed by atoms with van der Waals surface area (Å²) in [4.78, 5) is 17.6. The van der Waals surface area contributed by atoms with Gasteiger partial charge in [0.25, 0.3) is 0 Å². The third-order valence-corrected chi connectivity index (χ3v) is 3.01. The standard InChI is InChI=1S/C12H14N2O2/c15-12(9-4-5-9)14-7-10(8-14)16-11-3-1-2-6-13-11/h1-3,6,9-10H,4-5,7-8H2. The van der Waals surface area contributed by atoms with Crippen LogP contribution in [-0.2, 0) is 4.79 Å². The first-order chi connectivity index (χ1) is 7.83. The zero-order valence-electron chi connectivity index (χ0n) is 9.00. The van der Waals surface area contributed by atoms with Gasteiger partial charge in [-0.05, 0) is 18.9 Å². The summed E-state index contributed by atoms with van der Waals surface area (Å²) >= 11 is 0. The van der Waals surface area contributed by atoms with Gasteiger partial charge in [-0.25, -0.2) is 4.98 Å². The Morgan fingerprint density at radius 3 is 2.81 bits per heavy atom. The van der Waals surface area contributed by atoms with E-state index < -0.39 is 0 Å². The minimum atomic E-state index is 0.123. The van der Waals surface area contributed by atoms with Crippen LogP contribution in [0.25, 0.3) is 0 Å². The van der Waals surface area contributed by atoms with E-state index in [0.29, 0.717) is 30.8 Å². The predicted molar refractivity (Wildman–Crippen MR) is 58.0 cm³/mol. The van der Waals surface area contributed by atoms with Crippen LogP contribution in [0.3, 0.4) is 0 Å². The van der Waals surface area contributed by atoms with Gasteiger partial charge in [0, 0.05) is 18.2 Å². The summed E-state index contributed by atoms with van der Waals surface area (Å²) in [5, 5.41) is 0. The third-order valence-electron chi connectivity index (χ3n) is 3.01. The van der Waals surface area contributed by atoms with Gasteiger partial charge in [-0.3, -0.25) is 4.79 Å². The maximum absolute atomic E-state index is 11.6. The molecule has 1 aromatic rings. The highest BCUT2D eigenvalue weighted by Crippen LogP contribution is 2.32. The number of hydrogen-bond acceptors (Lipinski definition) is 3. The molecular weight excluding hydrogens is 204 g/mol. The zero-order valence-corrected chi connectivity index (χ0v) is 9.00. The lowest BCUT2D eigenvalue weighted by atomic mass is 10.1. The molecule has 0 N–H and O–H groups in total. The number of pyridine rings is 1. The first-order valence-electron chi connectivity index (χ1n) is 5.69. The van der Waals surface area contributed by atoms with E-state index in [9.17, 15) is 4.79 Å². The fourth-order valence-corrected chi connectivity index (χ4v) is 1.87. The van der Waals surface area contributed by atoms with Crippen molar-refractivity contribution < 1.29 is 9.53 Å². The lowest BCUT2D eigenvalue weighted by molar-refractivity contribution is -0.141. The molecule has 0 unspecified atom stereocenters. The average Bonchev–Trinajstić information content (AvgIpc) is 3.07. The second-order valence-electron chi connectivity index (χ2n) is 4.43. The van der Waals surface area contributed by atoms with Crippen molar-refractivity contribution in [3.8, 4) is 5.88 Å². The third kappa shape index (κ3) is 1.87. The summed E-state index contributed by atoms with van der Waals surface area (Å²) in [6.07, 6.45) is 3.97. The first-order valence-corrected chi connectivity index (χ1v) is 5.69. The molecule has 1 aromatic heterocycles. The van der Waals surface area contributed by atoms with Crippen molar-refractivity contribution in [2.24, 2.45) is 5.92 Å². The van der Waals surface area contributed by atoms with E-state index in [0.717, 1.165) is 12.8 Å².